The minimum absolute atomic E-state index is 0.489. The van der Waals surface area contributed by atoms with Crippen molar-refractivity contribution in [1.82, 2.24) is 9.88 Å². The number of hydrogen-bond acceptors (Lipinski definition) is 4. The molecule has 2 aromatic carbocycles. The number of nitrogens with zero attached hydrogens (tertiary/aromatic N) is 2. The predicted molar refractivity (Wildman–Crippen MR) is 112 cm³/mol. The van der Waals surface area contributed by atoms with Gasteiger partial charge >= 0.3 is 0 Å². The first-order valence-corrected chi connectivity index (χ1v) is 9.91. The molecule has 2 atom stereocenters. The van der Waals surface area contributed by atoms with E-state index in [4.69, 9.17) is 10.5 Å². The Balaban J connectivity index is 1.34. The van der Waals surface area contributed by atoms with Gasteiger partial charge < -0.3 is 10.5 Å². The topological polar surface area (TPSA) is 51.4 Å². The van der Waals surface area contributed by atoms with E-state index in [0.29, 0.717) is 18.4 Å². The van der Waals surface area contributed by atoms with Crippen molar-refractivity contribution in [2.75, 3.05) is 19.6 Å². The molecule has 0 radical (unpaired) electrons. The Morgan fingerprint density at radius 2 is 1.71 bits per heavy atom. The Kier molecular flexibility index (Phi) is 6.00. The standard InChI is InChI=1S/C24H27N3O/c25-14-21-16-27(17-24(21)20-6-2-1-3-7-20)15-19-9-11-23(12-10-19)28-18-22-8-4-5-13-26-22/h1-13,21,24H,14-18,25H2/t21-,24+/m1/s1. The lowest BCUT2D eigenvalue weighted by molar-refractivity contribution is 0.300. The van der Waals surface area contributed by atoms with E-state index in [1.165, 1.54) is 11.1 Å². The quantitative estimate of drug-likeness (QED) is 0.684. The molecule has 0 spiro atoms. The first-order chi connectivity index (χ1) is 13.8. The van der Waals surface area contributed by atoms with E-state index in [2.05, 4.69) is 52.3 Å². The third-order valence-corrected chi connectivity index (χ3v) is 5.49. The molecule has 0 saturated carbocycles. The second-order valence-corrected chi connectivity index (χ2v) is 7.46. The molecule has 1 aliphatic heterocycles. The van der Waals surface area contributed by atoms with Crippen molar-refractivity contribution in [3.8, 4) is 5.75 Å². The van der Waals surface area contributed by atoms with Crippen molar-refractivity contribution in [2.45, 2.75) is 19.1 Å². The summed E-state index contributed by atoms with van der Waals surface area (Å²) in [6, 6.07) is 25.0. The number of ether oxygens (including phenoxy) is 1. The van der Waals surface area contributed by atoms with Gasteiger partial charge in [0.25, 0.3) is 0 Å². The summed E-state index contributed by atoms with van der Waals surface area (Å²) in [5.41, 5.74) is 9.71. The molecule has 0 bridgehead atoms. The first-order valence-electron chi connectivity index (χ1n) is 9.91. The van der Waals surface area contributed by atoms with Gasteiger partial charge in [0, 0.05) is 31.7 Å². The molecule has 2 N–H and O–H groups in total. The molecular formula is C24H27N3O. The lowest BCUT2D eigenvalue weighted by Crippen LogP contribution is -2.23. The Hall–Kier alpha value is -2.69. The first kappa shape index (κ1) is 18.7. The zero-order chi connectivity index (χ0) is 19.2. The molecule has 28 heavy (non-hydrogen) atoms. The molecule has 4 rings (SSSR count). The molecule has 2 heterocycles. The zero-order valence-electron chi connectivity index (χ0n) is 16.1. The average molecular weight is 374 g/mol. The van der Waals surface area contributed by atoms with Crippen LogP contribution in [-0.4, -0.2) is 29.5 Å². The van der Waals surface area contributed by atoms with E-state index < -0.39 is 0 Å². The van der Waals surface area contributed by atoms with Gasteiger partial charge in [0.2, 0.25) is 0 Å². The van der Waals surface area contributed by atoms with Crippen molar-refractivity contribution in [3.05, 3.63) is 95.8 Å². The van der Waals surface area contributed by atoms with Crippen molar-refractivity contribution >= 4 is 0 Å². The highest BCUT2D eigenvalue weighted by molar-refractivity contribution is 5.28. The third-order valence-electron chi connectivity index (χ3n) is 5.49. The molecule has 144 valence electrons. The van der Waals surface area contributed by atoms with Gasteiger partial charge in [-0.2, -0.15) is 0 Å². The van der Waals surface area contributed by atoms with Crippen LogP contribution in [0.25, 0.3) is 0 Å². The van der Waals surface area contributed by atoms with Crippen LogP contribution < -0.4 is 10.5 Å². The van der Waals surface area contributed by atoms with E-state index in [1.807, 2.05) is 30.3 Å². The van der Waals surface area contributed by atoms with Gasteiger partial charge in [-0.05, 0) is 47.9 Å². The van der Waals surface area contributed by atoms with Crippen LogP contribution in [0, 0.1) is 5.92 Å². The van der Waals surface area contributed by atoms with Crippen molar-refractivity contribution in [1.29, 1.82) is 0 Å². The van der Waals surface area contributed by atoms with Crippen LogP contribution in [0.1, 0.15) is 22.7 Å². The molecule has 1 aromatic heterocycles. The largest absolute Gasteiger partial charge is 0.487 e. The Morgan fingerprint density at radius 3 is 2.43 bits per heavy atom. The smallest absolute Gasteiger partial charge is 0.130 e. The minimum atomic E-state index is 0.489. The van der Waals surface area contributed by atoms with E-state index in [0.717, 1.165) is 37.6 Å². The summed E-state index contributed by atoms with van der Waals surface area (Å²) in [6.07, 6.45) is 1.79. The second kappa shape index (κ2) is 9.00. The molecule has 0 unspecified atom stereocenters. The second-order valence-electron chi connectivity index (χ2n) is 7.46. The molecule has 4 heteroatoms. The number of nitrogens with two attached hydrogens (primary N) is 1. The number of hydrogen-bond donors (Lipinski definition) is 1. The highest BCUT2D eigenvalue weighted by Gasteiger charge is 2.32. The van der Waals surface area contributed by atoms with E-state index in [-0.39, 0.29) is 0 Å². The number of likely N-dealkylation sites (tertiary alicyclic amines) is 1. The summed E-state index contributed by atoms with van der Waals surface area (Å²) in [4.78, 5) is 6.80. The predicted octanol–water partition coefficient (Wildman–Crippen LogP) is 3.83. The van der Waals surface area contributed by atoms with E-state index in [9.17, 15) is 0 Å². The highest BCUT2D eigenvalue weighted by atomic mass is 16.5. The third kappa shape index (κ3) is 4.58. The van der Waals surface area contributed by atoms with Gasteiger partial charge in [-0.15, -0.1) is 0 Å². The van der Waals surface area contributed by atoms with Crippen LogP contribution in [0.15, 0.2) is 79.0 Å². The summed E-state index contributed by atoms with van der Waals surface area (Å²) in [5, 5.41) is 0. The van der Waals surface area contributed by atoms with Gasteiger partial charge in [-0.25, -0.2) is 0 Å². The summed E-state index contributed by atoms with van der Waals surface area (Å²) < 4.78 is 5.83. The maximum Gasteiger partial charge on any atom is 0.130 e. The van der Waals surface area contributed by atoms with Gasteiger partial charge in [0.05, 0.1) is 5.69 Å². The van der Waals surface area contributed by atoms with Crippen LogP contribution >= 0.6 is 0 Å². The van der Waals surface area contributed by atoms with Crippen LogP contribution in [0.4, 0.5) is 0 Å². The fraction of sp³-hybridized carbons (Fsp3) is 0.292. The maximum absolute atomic E-state index is 6.07. The molecule has 1 aliphatic rings. The number of rotatable bonds is 7. The monoisotopic (exact) mass is 373 g/mol. The maximum atomic E-state index is 6.07. The Labute approximate surface area is 167 Å². The lowest BCUT2D eigenvalue weighted by Gasteiger charge is -2.17. The minimum Gasteiger partial charge on any atom is -0.487 e. The van der Waals surface area contributed by atoms with E-state index in [1.54, 1.807) is 6.20 Å². The van der Waals surface area contributed by atoms with Crippen LogP contribution in [-0.2, 0) is 13.2 Å². The van der Waals surface area contributed by atoms with Gasteiger partial charge in [-0.3, -0.25) is 9.88 Å². The average Bonchev–Trinajstić information content (AvgIpc) is 3.17. The van der Waals surface area contributed by atoms with Crippen LogP contribution in [0.5, 0.6) is 5.75 Å². The van der Waals surface area contributed by atoms with Gasteiger partial charge in [0.1, 0.15) is 12.4 Å². The van der Waals surface area contributed by atoms with Crippen LogP contribution in [0.2, 0.25) is 0 Å². The molecule has 4 nitrogen and oxygen atoms in total. The van der Waals surface area contributed by atoms with Gasteiger partial charge in [0.15, 0.2) is 0 Å². The Bertz CT molecular complexity index is 852. The summed E-state index contributed by atoms with van der Waals surface area (Å²) in [6.45, 7) is 4.28. The SMILES string of the molecule is NC[C@@H]1CN(Cc2ccc(OCc3ccccn3)cc2)C[C@H]1c1ccccc1. The highest BCUT2D eigenvalue weighted by Crippen LogP contribution is 2.32. The lowest BCUT2D eigenvalue weighted by atomic mass is 9.89. The molecule has 3 aromatic rings. The van der Waals surface area contributed by atoms with Crippen LogP contribution in [0.3, 0.4) is 0 Å². The van der Waals surface area contributed by atoms with Crippen molar-refractivity contribution in [3.63, 3.8) is 0 Å². The summed E-state index contributed by atoms with van der Waals surface area (Å²) in [7, 11) is 0. The zero-order valence-corrected chi connectivity index (χ0v) is 16.1. The normalized spacial score (nSPS) is 19.6. The fourth-order valence-electron chi connectivity index (χ4n) is 4.00. The van der Waals surface area contributed by atoms with Gasteiger partial charge in [-0.1, -0.05) is 48.5 Å². The fourth-order valence-corrected chi connectivity index (χ4v) is 4.00. The molecule has 1 saturated heterocycles. The molecule has 0 aliphatic carbocycles. The number of aromatic nitrogens is 1. The van der Waals surface area contributed by atoms with E-state index >= 15 is 0 Å². The molecule has 1 fully saturated rings. The number of pyridine rings is 1. The molecular weight excluding hydrogens is 346 g/mol. The molecule has 0 amide bonds. The summed E-state index contributed by atoms with van der Waals surface area (Å²) in [5.74, 6) is 1.91. The van der Waals surface area contributed by atoms with Crippen molar-refractivity contribution in [2.24, 2.45) is 11.7 Å². The summed E-state index contributed by atoms with van der Waals surface area (Å²) >= 11 is 0. The van der Waals surface area contributed by atoms with Crippen molar-refractivity contribution < 1.29 is 4.74 Å². The Morgan fingerprint density at radius 1 is 0.929 bits per heavy atom. The number of benzene rings is 2.